The van der Waals surface area contributed by atoms with Crippen molar-refractivity contribution in [2.24, 2.45) is 7.05 Å². The van der Waals surface area contributed by atoms with Gasteiger partial charge in [0, 0.05) is 11.8 Å². The molecule has 2 aromatic heterocycles. The molecule has 0 amide bonds. The van der Waals surface area contributed by atoms with Gasteiger partial charge in [0.1, 0.15) is 12.4 Å². The van der Waals surface area contributed by atoms with Gasteiger partial charge in [-0.05, 0) is 12.1 Å². The molecule has 0 spiro atoms. The van der Waals surface area contributed by atoms with E-state index in [4.69, 9.17) is 5.73 Å². The first-order chi connectivity index (χ1) is 6.65. The fourth-order valence-electron chi connectivity index (χ4n) is 1.22. The van der Waals surface area contributed by atoms with E-state index in [1.54, 1.807) is 17.8 Å². The van der Waals surface area contributed by atoms with Crippen LogP contribution in [0.15, 0.2) is 6.07 Å². The summed E-state index contributed by atoms with van der Waals surface area (Å²) in [6, 6.07) is 1.80. The SMILES string of the molecule is Cc1cc(N)nn1Cc1nnn(C)n1. The standard InChI is InChI=1S/C7H11N7/c1-5-3-6(8)10-14(5)4-7-9-12-13(2)11-7/h3H,4H2,1-2H3,(H2,8,10). The van der Waals surface area contributed by atoms with Crippen molar-refractivity contribution in [2.45, 2.75) is 13.5 Å². The zero-order chi connectivity index (χ0) is 10.1. The molecule has 2 rings (SSSR count). The van der Waals surface area contributed by atoms with Crippen LogP contribution in [0.4, 0.5) is 5.82 Å². The van der Waals surface area contributed by atoms with Gasteiger partial charge in [-0.2, -0.15) is 9.90 Å². The van der Waals surface area contributed by atoms with Crippen LogP contribution in [0.5, 0.6) is 0 Å². The van der Waals surface area contributed by atoms with Gasteiger partial charge in [-0.15, -0.1) is 10.2 Å². The van der Waals surface area contributed by atoms with E-state index in [2.05, 4.69) is 20.5 Å². The van der Waals surface area contributed by atoms with Gasteiger partial charge in [0.05, 0.1) is 7.05 Å². The predicted molar refractivity (Wildman–Crippen MR) is 49.3 cm³/mol. The zero-order valence-corrected chi connectivity index (χ0v) is 8.05. The molecule has 0 saturated heterocycles. The molecule has 0 bridgehead atoms. The van der Waals surface area contributed by atoms with Crippen molar-refractivity contribution in [3.8, 4) is 0 Å². The number of rotatable bonds is 2. The minimum Gasteiger partial charge on any atom is -0.382 e. The Kier molecular flexibility index (Phi) is 1.91. The van der Waals surface area contributed by atoms with Crippen LogP contribution in [0, 0.1) is 6.92 Å². The summed E-state index contributed by atoms with van der Waals surface area (Å²) < 4.78 is 1.74. The van der Waals surface area contributed by atoms with Gasteiger partial charge >= 0.3 is 0 Å². The Bertz CT molecular complexity index is 441. The van der Waals surface area contributed by atoms with Crippen LogP contribution < -0.4 is 5.73 Å². The maximum absolute atomic E-state index is 5.54. The summed E-state index contributed by atoms with van der Waals surface area (Å²) in [6.07, 6.45) is 0. The Morgan fingerprint density at radius 1 is 1.43 bits per heavy atom. The lowest BCUT2D eigenvalue weighted by atomic mass is 10.4. The first-order valence-corrected chi connectivity index (χ1v) is 4.18. The monoisotopic (exact) mass is 193 g/mol. The second-order valence-corrected chi connectivity index (χ2v) is 3.06. The molecule has 2 heterocycles. The Morgan fingerprint density at radius 2 is 2.21 bits per heavy atom. The van der Waals surface area contributed by atoms with Crippen molar-refractivity contribution < 1.29 is 0 Å². The smallest absolute Gasteiger partial charge is 0.196 e. The van der Waals surface area contributed by atoms with E-state index >= 15 is 0 Å². The molecule has 0 radical (unpaired) electrons. The van der Waals surface area contributed by atoms with Crippen LogP contribution in [0.3, 0.4) is 0 Å². The van der Waals surface area contributed by atoms with E-state index in [-0.39, 0.29) is 0 Å². The summed E-state index contributed by atoms with van der Waals surface area (Å²) in [6.45, 7) is 2.43. The quantitative estimate of drug-likeness (QED) is 0.684. The summed E-state index contributed by atoms with van der Waals surface area (Å²) >= 11 is 0. The average Bonchev–Trinajstić information content (AvgIpc) is 2.61. The molecule has 0 atom stereocenters. The van der Waals surface area contributed by atoms with Crippen molar-refractivity contribution in [3.05, 3.63) is 17.6 Å². The second kappa shape index (κ2) is 3.09. The summed E-state index contributed by atoms with van der Waals surface area (Å²) in [7, 11) is 1.72. The lowest BCUT2D eigenvalue weighted by molar-refractivity contribution is 0.613. The summed E-state index contributed by atoms with van der Waals surface area (Å²) in [5, 5.41) is 15.7. The molecule has 0 aliphatic rings. The highest BCUT2D eigenvalue weighted by Gasteiger charge is 2.05. The number of nitrogens with two attached hydrogens (primary N) is 1. The van der Waals surface area contributed by atoms with Crippen molar-refractivity contribution in [3.63, 3.8) is 0 Å². The molecule has 0 aromatic carbocycles. The lowest BCUT2D eigenvalue weighted by Crippen LogP contribution is -2.06. The Labute approximate surface area is 80.5 Å². The van der Waals surface area contributed by atoms with Crippen molar-refractivity contribution in [2.75, 3.05) is 5.73 Å². The van der Waals surface area contributed by atoms with Gasteiger partial charge in [0.15, 0.2) is 5.82 Å². The van der Waals surface area contributed by atoms with Crippen molar-refractivity contribution >= 4 is 5.82 Å². The number of hydrogen-bond acceptors (Lipinski definition) is 5. The largest absolute Gasteiger partial charge is 0.382 e. The zero-order valence-electron chi connectivity index (χ0n) is 8.05. The third kappa shape index (κ3) is 1.56. The molecule has 0 fully saturated rings. The van der Waals surface area contributed by atoms with E-state index in [1.165, 1.54) is 4.80 Å². The highest BCUT2D eigenvalue weighted by molar-refractivity contribution is 5.28. The topological polar surface area (TPSA) is 87.4 Å². The Balaban J connectivity index is 2.22. The minimum absolute atomic E-state index is 0.497. The van der Waals surface area contributed by atoms with E-state index in [1.807, 2.05) is 6.92 Å². The number of anilines is 1. The van der Waals surface area contributed by atoms with Gasteiger partial charge in [0.2, 0.25) is 0 Å². The molecule has 2 N–H and O–H groups in total. The van der Waals surface area contributed by atoms with Gasteiger partial charge < -0.3 is 5.73 Å². The predicted octanol–water partition coefficient (Wildman–Crippen LogP) is -0.654. The molecule has 0 aliphatic heterocycles. The molecular formula is C7H11N7. The first kappa shape index (κ1) is 8.67. The fourth-order valence-corrected chi connectivity index (χ4v) is 1.22. The maximum atomic E-state index is 5.54. The van der Waals surface area contributed by atoms with Crippen LogP contribution in [0.2, 0.25) is 0 Å². The van der Waals surface area contributed by atoms with Gasteiger partial charge in [-0.25, -0.2) is 0 Å². The van der Waals surface area contributed by atoms with Crippen molar-refractivity contribution in [1.29, 1.82) is 0 Å². The molecular weight excluding hydrogens is 182 g/mol. The molecule has 7 nitrogen and oxygen atoms in total. The lowest BCUT2D eigenvalue weighted by Gasteiger charge is -1.98. The van der Waals surface area contributed by atoms with E-state index in [0.717, 1.165) is 5.69 Å². The van der Waals surface area contributed by atoms with Crippen LogP contribution >= 0.6 is 0 Å². The first-order valence-electron chi connectivity index (χ1n) is 4.18. The van der Waals surface area contributed by atoms with Crippen LogP contribution in [0.1, 0.15) is 11.5 Å². The average molecular weight is 193 g/mol. The van der Waals surface area contributed by atoms with Crippen LogP contribution in [-0.4, -0.2) is 30.0 Å². The van der Waals surface area contributed by atoms with Crippen LogP contribution in [0.25, 0.3) is 0 Å². The number of nitrogen functional groups attached to an aromatic ring is 1. The van der Waals surface area contributed by atoms with Crippen LogP contribution in [-0.2, 0) is 13.6 Å². The van der Waals surface area contributed by atoms with E-state index in [0.29, 0.717) is 18.2 Å². The van der Waals surface area contributed by atoms with E-state index in [9.17, 15) is 0 Å². The molecule has 0 unspecified atom stereocenters. The minimum atomic E-state index is 0.497. The second-order valence-electron chi connectivity index (χ2n) is 3.06. The third-order valence-electron chi connectivity index (χ3n) is 1.84. The number of nitrogens with zero attached hydrogens (tertiary/aromatic N) is 6. The highest BCUT2D eigenvalue weighted by atomic mass is 15.6. The number of aryl methyl sites for hydroxylation is 2. The molecule has 74 valence electrons. The number of tetrazole rings is 1. The Hall–Kier alpha value is -1.92. The summed E-state index contributed by atoms with van der Waals surface area (Å²) in [5.74, 6) is 1.13. The third-order valence-corrected chi connectivity index (χ3v) is 1.84. The molecule has 14 heavy (non-hydrogen) atoms. The summed E-state index contributed by atoms with van der Waals surface area (Å²) in [5.41, 5.74) is 6.53. The number of hydrogen-bond donors (Lipinski definition) is 1. The highest BCUT2D eigenvalue weighted by Crippen LogP contribution is 2.05. The maximum Gasteiger partial charge on any atom is 0.196 e. The van der Waals surface area contributed by atoms with Crippen molar-refractivity contribution in [1.82, 2.24) is 30.0 Å². The summed E-state index contributed by atoms with van der Waals surface area (Å²) in [4.78, 5) is 1.41. The molecule has 2 aromatic rings. The fraction of sp³-hybridized carbons (Fsp3) is 0.429. The van der Waals surface area contributed by atoms with E-state index < -0.39 is 0 Å². The molecule has 0 aliphatic carbocycles. The normalized spacial score (nSPS) is 10.7. The molecule has 7 heteroatoms. The van der Waals surface area contributed by atoms with Gasteiger partial charge in [0.25, 0.3) is 0 Å². The molecule has 0 saturated carbocycles. The number of aromatic nitrogens is 6. The van der Waals surface area contributed by atoms with Gasteiger partial charge in [-0.1, -0.05) is 0 Å². The van der Waals surface area contributed by atoms with Gasteiger partial charge in [-0.3, -0.25) is 4.68 Å². The Morgan fingerprint density at radius 3 is 2.71 bits per heavy atom.